The van der Waals surface area contributed by atoms with Crippen LogP contribution in [0.3, 0.4) is 0 Å². The number of halogens is 1. The second-order valence-corrected chi connectivity index (χ2v) is 6.22. The van der Waals surface area contributed by atoms with E-state index in [0.717, 1.165) is 23.0 Å². The molecule has 24 heavy (non-hydrogen) atoms. The minimum atomic E-state index is -0.119. The molecule has 0 fully saturated rings. The molecule has 3 nitrogen and oxygen atoms in total. The van der Waals surface area contributed by atoms with E-state index in [2.05, 4.69) is 11.5 Å². The van der Waals surface area contributed by atoms with Crippen molar-refractivity contribution < 1.29 is 9.53 Å². The summed E-state index contributed by atoms with van der Waals surface area (Å²) in [6.07, 6.45) is 0.689. The van der Waals surface area contributed by atoms with Crippen LogP contribution in [-0.2, 0) is 4.74 Å². The Kier molecular flexibility index (Phi) is 4.74. The summed E-state index contributed by atoms with van der Waals surface area (Å²) >= 11 is 6.20. The molecule has 0 saturated heterocycles. The van der Waals surface area contributed by atoms with Gasteiger partial charge in [-0.2, -0.15) is 0 Å². The van der Waals surface area contributed by atoms with Crippen molar-refractivity contribution in [2.45, 2.75) is 26.5 Å². The molecular weight excluding hydrogens is 322 g/mol. The van der Waals surface area contributed by atoms with Crippen molar-refractivity contribution in [3.05, 3.63) is 70.4 Å². The highest BCUT2D eigenvalue weighted by molar-refractivity contribution is 6.31. The highest BCUT2D eigenvalue weighted by Gasteiger charge is 2.24. The molecule has 1 aromatic heterocycles. The molecule has 2 aromatic carbocycles. The van der Waals surface area contributed by atoms with E-state index in [4.69, 9.17) is 16.3 Å². The first-order valence-electron chi connectivity index (χ1n) is 8.01. The predicted octanol–water partition coefficient (Wildman–Crippen LogP) is 5.39. The molecule has 0 bridgehead atoms. The van der Waals surface area contributed by atoms with Crippen LogP contribution in [-0.4, -0.2) is 17.5 Å². The van der Waals surface area contributed by atoms with Gasteiger partial charge in [-0.05, 0) is 31.5 Å². The Labute approximate surface area is 146 Å². The van der Waals surface area contributed by atoms with Crippen LogP contribution in [0.5, 0.6) is 0 Å². The number of aromatic nitrogens is 1. The minimum absolute atomic E-state index is 0.00470. The van der Waals surface area contributed by atoms with Gasteiger partial charge in [-0.15, -0.1) is 0 Å². The number of hydrogen-bond acceptors (Lipinski definition) is 2. The van der Waals surface area contributed by atoms with Crippen LogP contribution in [0, 0.1) is 6.92 Å². The Balaban J connectivity index is 2.29. The van der Waals surface area contributed by atoms with E-state index in [-0.39, 0.29) is 12.0 Å². The third kappa shape index (κ3) is 2.74. The molecule has 0 amide bonds. The molecule has 1 unspecified atom stereocenters. The molecule has 0 aliphatic carbocycles. The van der Waals surface area contributed by atoms with Crippen LogP contribution in [0.25, 0.3) is 10.9 Å². The van der Waals surface area contributed by atoms with Gasteiger partial charge >= 0.3 is 0 Å². The van der Waals surface area contributed by atoms with Crippen molar-refractivity contribution >= 4 is 28.3 Å². The lowest BCUT2D eigenvalue weighted by molar-refractivity contribution is 0.0432. The van der Waals surface area contributed by atoms with Gasteiger partial charge in [0.25, 0.3) is 0 Å². The SMILES string of the molecule is CCC(OC)n1c(C)c(C(=O)c2ccccc2)c2cc(Cl)ccc21. The maximum absolute atomic E-state index is 13.1. The van der Waals surface area contributed by atoms with Crippen molar-refractivity contribution in [1.29, 1.82) is 0 Å². The Morgan fingerprint density at radius 1 is 1.21 bits per heavy atom. The molecule has 0 radical (unpaired) electrons. The number of ether oxygens (including phenoxy) is 1. The van der Waals surface area contributed by atoms with E-state index < -0.39 is 0 Å². The van der Waals surface area contributed by atoms with Crippen LogP contribution in [0.4, 0.5) is 0 Å². The Morgan fingerprint density at radius 2 is 1.92 bits per heavy atom. The number of nitrogens with zero attached hydrogens (tertiary/aromatic N) is 1. The predicted molar refractivity (Wildman–Crippen MR) is 97.9 cm³/mol. The van der Waals surface area contributed by atoms with Gasteiger partial charge in [0, 0.05) is 28.8 Å². The van der Waals surface area contributed by atoms with E-state index in [0.29, 0.717) is 16.1 Å². The molecule has 3 rings (SSSR count). The molecule has 1 heterocycles. The van der Waals surface area contributed by atoms with Gasteiger partial charge in [0.15, 0.2) is 5.78 Å². The first kappa shape index (κ1) is 16.7. The number of ketones is 1. The third-order valence-corrected chi connectivity index (χ3v) is 4.62. The lowest BCUT2D eigenvalue weighted by Crippen LogP contribution is -2.12. The van der Waals surface area contributed by atoms with Crippen LogP contribution < -0.4 is 0 Å². The summed E-state index contributed by atoms with van der Waals surface area (Å²) in [5.74, 6) is 0.00470. The second-order valence-electron chi connectivity index (χ2n) is 5.79. The molecular formula is C20H20ClNO2. The first-order valence-corrected chi connectivity index (χ1v) is 8.38. The van der Waals surface area contributed by atoms with Crippen LogP contribution in [0.15, 0.2) is 48.5 Å². The molecule has 124 valence electrons. The van der Waals surface area contributed by atoms with E-state index in [1.807, 2.05) is 55.5 Å². The Bertz CT molecular complexity index is 880. The zero-order chi connectivity index (χ0) is 17.3. The maximum atomic E-state index is 13.1. The van der Waals surface area contributed by atoms with Gasteiger partial charge in [0.2, 0.25) is 0 Å². The summed E-state index contributed by atoms with van der Waals surface area (Å²) < 4.78 is 7.71. The minimum Gasteiger partial charge on any atom is -0.361 e. The number of hydrogen-bond donors (Lipinski definition) is 0. The van der Waals surface area contributed by atoms with E-state index in [1.54, 1.807) is 7.11 Å². The smallest absolute Gasteiger partial charge is 0.195 e. The van der Waals surface area contributed by atoms with Crippen molar-refractivity contribution in [1.82, 2.24) is 4.57 Å². The van der Waals surface area contributed by atoms with Crippen LogP contribution >= 0.6 is 11.6 Å². The van der Waals surface area contributed by atoms with Crippen LogP contribution in [0.1, 0.15) is 41.2 Å². The third-order valence-electron chi connectivity index (χ3n) is 4.38. The molecule has 0 saturated carbocycles. The van der Waals surface area contributed by atoms with Crippen molar-refractivity contribution in [2.24, 2.45) is 0 Å². The quantitative estimate of drug-likeness (QED) is 0.583. The topological polar surface area (TPSA) is 31.2 Å². The highest BCUT2D eigenvalue weighted by Crippen LogP contribution is 2.33. The van der Waals surface area contributed by atoms with Gasteiger partial charge in [-0.25, -0.2) is 0 Å². The van der Waals surface area contributed by atoms with Crippen molar-refractivity contribution in [2.75, 3.05) is 7.11 Å². The molecule has 1 atom stereocenters. The lowest BCUT2D eigenvalue weighted by Gasteiger charge is -2.19. The summed E-state index contributed by atoms with van der Waals surface area (Å²) in [5.41, 5.74) is 3.22. The monoisotopic (exact) mass is 341 g/mol. The summed E-state index contributed by atoms with van der Waals surface area (Å²) in [6, 6.07) is 15.0. The fourth-order valence-electron chi connectivity index (χ4n) is 3.26. The molecule has 3 aromatic rings. The Hall–Kier alpha value is -2.10. The average molecular weight is 342 g/mol. The number of fused-ring (bicyclic) bond motifs is 1. The summed E-state index contributed by atoms with van der Waals surface area (Å²) in [4.78, 5) is 13.1. The van der Waals surface area contributed by atoms with Gasteiger partial charge in [0.1, 0.15) is 6.23 Å². The van der Waals surface area contributed by atoms with E-state index in [9.17, 15) is 4.79 Å². The number of methoxy groups -OCH3 is 1. The standard InChI is InChI=1S/C20H20ClNO2/c1-4-18(24-3)22-13(2)19(16-12-15(21)10-11-17(16)22)20(23)14-8-6-5-7-9-14/h5-12,18H,4H2,1-3H3. The number of carbonyl (C=O) groups excluding carboxylic acids is 1. The molecule has 4 heteroatoms. The van der Waals surface area contributed by atoms with Crippen LogP contribution in [0.2, 0.25) is 5.02 Å². The zero-order valence-corrected chi connectivity index (χ0v) is 14.8. The molecule has 0 aliphatic rings. The number of carbonyl (C=O) groups is 1. The van der Waals surface area contributed by atoms with Gasteiger partial charge in [-0.1, -0.05) is 48.9 Å². The first-order chi connectivity index (χ1) is 11.6. The maximum Gasteiger partial charge on any atom is 0.195 e. The molecule has 0 aliphatic heterocycles. The largest absolute Gasteiger partial charge is 0.361 e. The highest BCUT2D eigenvalue weighted by atomic mass is 35.5. The number of rotatable bonds is 5. The summed E-state index contributed by atoms with van der Waals surface area (Å²) in [7, 11) is 1.69. The summed E-state index contributed by atoms with van der Waals surface area (Å²) in [5, 5.41) is 1.48. The molecule has 0 N–H and O–H groups in total. The van der Waals surface area contributed by atoms with Crippen molar-refractivity contribution in [3.8, 4) is 0 Å². The fraction of sp³-hybridized carbons (Fsp3) is 0.250. The van der Waals surface area contributed by atoms with E-state index >= 15 is 0 Å². The summed E-state index contributed by atoms with van der Waals surface area (Å²) in [6.45, 7) is 4.03. The van der Waals surface area contributed by atoms with E-state index in [1.165, 1.54) is 0 Å². The van der Waals surface area contributed by atoms with Gasteiger partial charge in [0.05, 0.1) is 11.1 Å². The van der Waals surface area contributed by atoms with Gasteiger partial charge in [-0.3, -0.25) is 4.79 Å². The number of benzene rings is 2. The van der Waals surface area contributed by atoms with Gasteiger partial charge < -0.3 is 9.30 Å². The average Bonchev–Trinajstić information content (AvgIpc) is 2.88. The van der Waals surface area contributed by atoms with Crippen molar-refractivity contribution in [3.63, 3.8) is 0 Å². The second kappa shape index (κ2) is 6.80. The zero-order valence-electron chi connectivity index (χ0n) is 14.0. The Morgan fingerprint density at radius 3 is 2.54 bits per heavy atom. The molecule has 0 spiro atoms. The normalized spacial score (nSPS) is 12.5. The fourth-order valence-corrected chi connectivity index (χ4v) is 3.43. The lowest BCUT2D eigenvalue weighted by atomic mass is 10.0.